The highest BCUT2D eigenvalue weighted by atomic mass is 16.5. The Morgan fingerprint density at radius 3 is 2.55 bits per heavy atom. The van der Waals surface area contributed by atoms with Crippen molar-refractivity contribution in [3.05, 3.63) is 41.1 Å². The van der Waals surface area contributed by atoms with E-state index < -0.39 is 0 Å². The van der Waals surface area contributed by atoms with Gasteiger partial charge in [-0.1, -0.05) is 24.3 Å². The standard InChI is InChI=1S/C17H20N2O3/c1-11-8-15(12(2)19-11)13-4-6-14(7-5-13)16(18-10-20)9-17(21)22-3/h4-7,10,16H,8-9H2,1-3H3,(H,18,20). The van der Waals surface area contributed by atoms with Crippen molar-refractivity contribution >= 4 is 23.7 Å². The molecule has 1 N–H and O–H groups in total. The zero-order valence-corrected chi connectivity index (χ0v) is 13.1. The lowest BCUT2D eigenvalue weighted by Crippen LogP contribution is -2.23. The SMILES string of the molecule is COC(=O)CC(NC=O)c1ccc(C2=C(C)N=C(C)C2)cc1. The molecule has 1 atom stereocenters. The largest absolute Gasteiger partial charge is 0.469 e. The van der Waals surface area contributed by atoms with Crippen LogP contribution in [0.25, 0.3) is 5.57 Å². The zero-order chi connectivity index (χ0) is 16.1. The number of carbonyl (C=O) groups is 2. The molecule has 0 aromatic heterocycles. The summed E-state index contributed by atoms with van der Waals surface area (Å²) in [6.45, 7) is 4.03. The summed E-state index contributed by atoms with van der Waals surface area (Å²) in [7, 11) is 1.33. The van der Waals surface area contributed by atoms with Gasteiger partial charge in [0.15, 0.2) is 0 Å². The van der Waals surface area contributed by atoms with Gasteiger partial charge >= 0.3 is 5.97 Å². The smallest absolute Gasteiger partial charge is 0.307 e. The maximum atomic E-state index is 11.4. The van der Waals surface area contributed by atoms with Gasteiger partial charge in [-0.25, -0.2) is 0 Å². The van der Waals surface area contributed by atoms with Gasteiger partial charge in [0.25, 0.3) is 0 Å². The molecule has 1 aliphatic rings. The number of carbonyl (C=O) groups excluding carboxylic acids is 2. The summed E-state index contributed by atoms with van der Waals surface area (Å²) in [6.07, 6.45) is 1.57. The van der Waals surface area contributed by atoms with Crippen molar-refractivity contribution in [2.75, 3.05) is 7.11 Å². The molecule has 1 aromatic rings. The average molecular weight is 300 g/mol. The van der Waals surface area contributed by atoms with Crippen LogP contribution < -0.4 is 5.32 Å². The Morgan fingerprint density at radius 1 is 1.36 bits per heavy atom. The number of ether oxygens (including phenoxy) is 1. The number of nitrogens with zero attached hydrogens (tertiary/aromatic N) is 1. The van der Waals surface area contributed by atoms with Crippen LogP contribution in [0.15, 0.2) is 35.0 Å². The summed E-state index contributed by atoms with van der Waals surface area (Å²) in [4.78, 5) is 26.6. The normalized spacial score (nSPS) is 15.3. The number of hydrogen-bond donors (Lipinski definition) is 1. The highest BCUT2D eigenvalue weighted by molar-refractivity contribution is 5.98. The Hall–Kier alpha value is -2.43. The molecule has 0 bridgehead atoms. The van der Waals surface area contributed by atoms with Crippen molar-refractivity contribution in [3.8, 4) is 0 Å². The fourth-order valence-corrected chi connectivity index (χ4v) is 2.61. The number of hydrogen-bond acceptors (Lipinski definition) is 4. The second kappa shape index (κ2) is 7.02. The summed E-state index contributed by atoms with van der Waals surface area (Å²) in [5.74, 6) is -0.359. The fraction of sp³-hybridized carbons (Fsp3) is 0.353. The first-order valence-electron chi connectivity index (χ1n) is 7.16. The Balaban J connectivity index is 2.18. The van der Waals surface area contributed by atoms with Crippen molar-refractivity contribution in [2.24, 2.45) is 4.99 Å². The van der Waals surface area contributed by atoms with Crippen LogP contribution >= 0.6 is 0 Å². The molecule has 5 nitrogen and oxygen atoms in total. The molecule has 1 amide bonds. The van der Waals surface area contributed by atoms with E-state index in [1.165, 1.54) is 12.7 Å². The van der Waals surface area contributed by atoms with Crippen LogP contribution in [-0.2, 0) is 14.3 Å². The van der Waals surface area contributed by atoms with Crippen molar-refractivity contribution in [1.29, 1.82) is 0 Å². The topological polar surface area (TPSA) is 67.8 Å². The lowest BCUT2D eigenvalue weighted by molar-refractivity contribution is -0.141. The molecule has 2 rings (SSSR count). The summed E-state index contributed by atoms with van der Waals surface area (Å²) < 4.78 is 4.66. The Bertz CT molecular complexity index is 630. The predicted molar refractivity (Wildman–Crippen MR) is 85.3 cm³/mol. The van der Waals surface area contributed by atoms with Gasteiger partial charge in [-0.2, -0.15) is 0 Å². The number of allylic oxidation sites excluding steroid dienone is 2. The average Bonchev–Trinajstić information content (AvgIpc) is 2.85. The molecule has 0 fully saturated rings. The number of nitrogens with one attached hydrogen (secondary N) is 1. The highest BCUT2D eigenvalue weighted by Gasteiger charge is 2.17. The second-order valence-electron chi connectivity index (χ2n) is 5.33. The van der Waals surface area contributed by atoms with Gasteiger partial charge in [0, 0.05) is 17.8 Å². The van der Waals surface area contributed by atoms with E-state index >= 15 is 0 Å². The molecule has 0 aliphatic carbocycles. The van der Waals surface area contributed by atoms with Gasteiger partial charge in [-0.3, -0.25) is 14.6 Å². The third kappa shape index (κ3) is 3.61. The van der Waals surface area contributed by atoms with E-state index in [1.54, 1.807) is 0 Å². The lowest BCUT2D eigenvalue weighted by Gasteiger charge is -2.16. The van der Waals surface area contributed by atoms with Crippen LogP contribution in [0.5, 0.6) is 0 Å². The highest BCUT2D eigenvalue weighted by Crippen LogP contribution is 2.30. The molecule has 116 valence electrons. The van der Waals surface area contributed by atoms with Crippen LogP contribution in [0.1, 0.15) is 43.9 Å². The van der Waals surface area contributed by atoms with Crippen molar-refractivity contribution in [1.82, 2.24) is 5.32 Å². The molecule has 0 spiro atoms. The van der Waals surface area contributed by atoms with Crippen LogP contribution in [-0.4, -0.2) is 25.2 Å². The molecular weight excluding hydrogens is 280 g/mol. The van der Waals surface area contributed by atoms with E-state index in [2.05, 4.69) is 15.0 Å². The van der Waals surface area contributed by atoms with E-state index in [4.69, 9.17) is 0 Å². The Kier molecular flexibility index (Phi) is 5.09. The second-order valence-corrected chi connectivity index (χ2v) is 5.33. The number of aliphatic imine (C=N–C) groups is 1. The third-order valence-corrected chi connectivity index (χ3v) is 3.76. The van der Waals surface area contributed by atoms with Crippen molar-refractivity contribution in [3.63, 3.8) is 0 Å². The Labute approximate surface area is 130 Å². The molecule has 22 heavy (non-hydrogen) atoms. The molecule has 1 aliphatic heterocycles. The first kappa shape index (κ1) is 15.9. The summed E-state index contributed by atoms with van der Waals surface area (Å²) in [5, 5.41) is 2.65. The minimum Gasteiger partial charge on any atom is -0.469 e. The number of methoxy groups -OCH3 is 1. The molecule has 1 heterocycles. The molecule has 0 saturated heterocycles. The van der Waals surface area contributed by atoms with E-state index in [-0.39, 0.29) is 18.4 Å². The van der Waals surface area contributed by atoms with Crippen LogP contribution in [0.3, 0.4) is 0 Å². The number of amides is 1. The molecule has 5 heteroatoms. The van der Waals surface area contributed by atoms with E-state index in [1.807, 2.05) is 38.1 Å². The van der Waals surface area contributed by atoms with E-state index in [0.29, 0.717) is 6.41 Å². The van der Waals surface area contributed by atoms with Gasteiger partial charge in [-0.15, -0.1) is 0 Å². The molecule has 0 saturated carbocycles. The fourth-order valence-electron chi connectivity index (χ4n) is 2.61. The summed E-state index contributed by atoms with van der Waals surface area (Å²) >= 11 is 0. The maximum Gasteiger partial charge on any atom is 0.307 e. The van der Waals surface area contributed by atoms with Crippen LogP contribution in [0.4, 0.5) is 0 Å². The minimum atomic E-state index is -0.379. The summed E-state index contributed by atoms with van der Waals surface area (Å²) in [5.41, 5.74) is 5.36. The van der Waals surface area contributed by atoms with Crippen LogP contribution in [0.2, 0.25) is 0 Å². The lowest BCUT2D eigenvalue weighted by atomic mass is 9.97. The molecular formula is C17H20N2O3. The monoisotopic (exact) mass is 300 g/mol. The quantitative estimate of drug-likeness (QED) is 0.648. The molecule has 1 aromatic carbocycles. The minimum absolute atomic E-state index is 0.110. The zero-order valence-electron chi connectivity index (χ0n) is 13.1. The number of esters is 1. The van der Waals surface area contributed by atoms with Crippen molar-refractivity contribution < 1.29 is 14.3 Å². The van der Waals surface area contributed by atoms with Gasteiger partial charge in [0.2, 0.25) is 6.41 Å². The van der Waals surface area contributed by atoms with E-state index in [0.717, 1.165) is 29.0 Å². The molecule has 0 radical (unpaired) electrons. The number of benzene rings is 1. The van der Waals surface area contributed by atoms with Crippen molar-refractivity contribution in [2.45, 2.75) is 32.7 Å². The van der Waals surface area contributed by atoms with Gasteiger partial charge < -0.3 is 10.1 Å². The first-order valence-corrected chi connectivity index (χ1v) is 7.16. The number of rotatable bonds is 6. The maximum absolute atomic E-state index is 11.4. The van der Waals surface area contributed by atoms with E-state index in [9.17, 15) is 9.59 Å². The third-order valence-electron chi connectivity index (χ3n) is 3.76. The van der Waals surface area contributed by atoms with Gasteiger partial charge in [0.1, 0.15) is 0 Å². The van der Waals surface area contributed by atoms with Crippen LogP contribution in [0, 0.1) is 0 Å². The Morgan fingerprint density at radius 2 is 2.05 bits per heavy atom. The predicted octanol–water partition coefficient (Wildman–Crippen LogP) is 2.63. The molecule has 1 unspecified atom stereocenters. The van der Waals surface area contributed by atoms with Gasteiger partial charge in [0.05, 0.1) is 19.6 Å². The first-order chi connectivity index (χ1) is 10.5. The van der Waals surface area contributed by atoms with Gasteiger partial charge in [-0.05, 0) is 30.5 Å². The summed E-state index contributed by atoms with van der Waals surface area (Å²) in [6, 6.07) is 7.47.